The van der Waals surface area contributed by atoms with Crippen molar-refractivity contribution in [2.75, 3.05) is 26.5 Å². The van der Waals surface area contributed by atoms with E-state index >= 15 is 0 Å². The molecule has 0 saturated carbocycles. The number of methoxy groups -OCH3 is 1. The zero-order valence-electron chi connectivity index (χ0n) is 13.1. The third kappa shape index (κ3) is 3.65. The normalized spacial score (nSPS) is 13.2. The molecular weight excluding hydrogens is 336 g/mol. The fourth-order valence-corrected chi connectivity index (χ4v) is 2.96. The molecule has 0 fully saturated rings. The third-order valence-corrected chi connectivity index (χ3v) is 4.31. The number of aromatic nitrogens is 2. The monoisotopic (exact) mass is 352 g/mol. The van der Waals surface area contributed by atoms with Crippen molar-refractivity contribution < 1.29 is 23.9 Å². The molecule has 0 saturated heterocycles. The molecule has 10 heteroatoms. The summed E-state index contributed by atoms with van der Waals surface area (Å²) < 4.78 is 4.44. The first-order valence-corrected chi connectivity index (χ1v) is 8.04. The maximum Gasteiger partial charge on any atom is 0.406 e. The molecule has 0 aliphatic heterocycles. The maximum atomic E-state index is 12.5. The topological polar surface area (TPSA) is 130 Å². The van der Waals surface area contributed by atoms with Crippen LogP contribution >= 0.6 is 11.8 Å². The van der Waals surface area contributed by atoms with Gasteiger partial charge in [0.1, 0.15) is 5.69 Å². The second kappa shape index (κ2) is 7.77. The van der Waals surface area contributed by atoms with Crippen LogP contribution in [0.4, 0.5) is 4.79 Å². The van der Waals surface area contributed by atoms with Gasteiger partial charge in [-0.2, -0.15) is 5.10 Å². The summed E-state index contributed by atoms with van der Waals surface area (Å²) in [6.07, 6.45) is 1.29. The number of ether oxygens (including phenoxy) is 1. The van der Waals surface area contributed by atoms with Crippen molar-refractivity contribution in [1.29, 1.82) is 0 Å². The number of rotatable bonds is 6. The lowest BCUT2D eigenvalue weighted by Crippen LogP contribution is -2.25. The summed E-state index contributed by atoms with van der Waals surface area (Å²) in [5.41, 5.74) is -0.0725. The molecule has 128 valence electrons. The zero-order chi connectivity index (χ0) is 17.7. The lowest BCUT2D eigenvalue weighted by atomic mass is 9.99. The summed E-state index contributed by atoms with van der Waals surface area (Å²) in [5, 5.41) is 11.1. The van der Waals surface area contributed by atoms with Gasteiger partial charge in [-0.3, -0.25) is 19.5 Å². The van der Waals surface area contributed by atoms with E-state index in [1.54, 1.807) is 0 Å². The number of fused-ring (bicyclic) bond motifs is 1. The number of aromatic amines is 1. The van der Waals surface area contributed by atoms with E-state index in [-0.39, 0.29) is 21.9 Å². The Morgan fingerprint density at radius 3 is 2.79 bits per heavy atom. The fraction of sp³-hybridized carbons (Fsp3) is 0.357. The highest BCUT2D eigenvalue weighted by atomic mass is 32.2. The van der Waals surface area contributed by atoms with Crippen LogP contribution in [0.2, 0.25) is 0 Å². The number of nitrogens with one attached hydrogen (secondary N) is 3. The summed E-state index contributed by atoms with van der Waals surface area (Å²) in [5.74, 6) is -0.843. The molecule has 9 nitrogen and oxygen atoms in total. The van der Waals surface area contributed by atoms with E-state index in [0.717, 1.165) is 0 Å². The summed E-state index contributed by atoms with van der Waals surface area (Å²) in [7, 11) is 2.69. The molecule has 0 unspecified atom stereocenters. The Hall–Kier alpha value is -2.62. The molecular formula is C14H16N4O5S. The lowest BCUT2D eigenvalue weighted by molar-refractivity contribution is 0.0945. The number of hydrogen-bond acceptors (Lipinski definition) is 7. The molecule has 1 aliphatic carbocycles. The van der Waals surface area contributed by atoms with Crippen molar-refractivity contribution >= 4 is 35.3 Å². The van der Waals surface area contributed by atoms with Crippen LogP contribution in [-0.2, 0) is 4.74 Å². The number of ketones is 2. The van der Waals surface area contributed by atoms with Gasteiger partial charge in [-0.15, -0.1) is 11.8 Å². The number of allylic oxidation sites excluding steroid dienone is 2. The minimum absolute atomic E-state index is 0.00274. The first kappa shape index (κ1) is 17.7. The van der Waals surface area contributed by atoms with E-state index < -0.39 is 23.6 Å². The van der Waals surface area contributed by atoms with Gasteiger partial charge in [0.25, 0.3) is 5.91 Å². The number of hydrogen-bond donors (Lipinski definition) is 3. The van der Waals surface area contributed by atoms with Gasteiger partial charge in [0, 0.05) is 19.7 Å². The van der Waals surface area contributed by atoms with Crippen molar-refractivity contribution in [3.05, 3.63) is 27.9 Å². The molecule has 0 spiro atoms. The second-order valence-corrected chi connectivity index (χ2v) is 5.86. The molecule has 3 N–H and O–H groups in total. The number of alkyl carbamates (subject to hydrolysis) is 1. The van der Waals surface area contributed by atoms with Crippen molar-refractivity contribution in [3.8, 4) is 0 Å². The van der Waals surface area contributed by atoms with E-state index in [9.17, 15) is 19.2 Å². The molecule has 1 aliphatic rings. The molecule has 0 radical (unpaired) electrons. The highest BCUT2D eigenvalue weighted by molar-refractivity contribution is 8.04. The zero-order valence-corrected chi connectivity index (χ0v) is 13.9. The minimum atomic E-state index is -0.540. The van der Waals surface area contributed by atoms with Crippen molar-refractivity contribution in [3.63, 3.8) is 0 Å². The summed E-state index contributed by atoms with van der Waals surface area (Å²) in [4.78, 5) is 47.5. The molecule has 0 atom stereocenters. The van der Waals surface area contributed by atoms with E-state index in [1.807, 2.05) is 0 Å². The van der Waals surface area contributed by atoms with Crippen LogP contribution in [-0.4, -0.2) is 60.2 Å². The Labute approximate surface area is 141 Å². The first-order valence-electron chi connectivity index (χ1n) is 7.05. The number of Topliss-reactive ketones (excluding diaryl/α,β-unsaturated/α-hetero) is 1. The van der Waals surface area contributed by atoms with Crippen LogP contribution in [0.15, 0.2) is 11.0 Å². The number of carbonyl (C=O) groups excluding carboxylic acids is 4. The van der Waals surface area contributed by atoms with Gasteiger partial charge in [0.2, 0.25) is 11.6 Å². The Bertz CT molecular complexity index is 725. The van der Waals surface area contributed by atoms with Gasteiger partial charge >= 0.3 is 6.09 Å². The van der Waals surface area contributed by atoms with Crippen molar-refractivity contribution in [2.24, 2.45) is 0 Å². The van der Waals surface area contributed by atoms with Gasteiger partial charge in [-0.25, -0.2) is 4.79 Å². The molecule has 2 rings (SSSR count). The number of amides is 2. The number of nitrogens with zero attached hydrogens (tertiary/aromatic N) is 1. The minimum Gasteiger partial charge on any atom is -0.453 e. The average Bonchev–Trinajstić information content (AvgIpc) is 3.03. The average molecular weight is 352 g/mol. The SMILES string of the molecule is CNC(=O)c1n[nH]c2c1C(=O)C(SCCCNC(=O)OC)=CC2=O. The maximum absolute atomic E-state index is 12.5. The van der Waals surface area contributed by atoms with Crippen LogP contribution in [0.1, 0.15) is 37.8 Å². The molecule has 1 heterocycles. The van der Waals surface area contributed by atoms with Gasteiger partial charge in [0.15, 0.2) is 5.69 Å². The van der Waals surface area contributed by atoms with Gasteiger partial charge in [-0.1, -0.05) is 0 Å². The predicted molar refractivity (Wildman–Crippen MR) is 86.2 cm³/mol. The molecule has 0 aromatic carbocycles. The van der Waals surface area contributed by atoms with Gasteiger partial charge < -0.3 is 15.4 Å². The number of carbonyl (C=O) groups is 4. The Kier molecular flexibility index (Phi) is 5.74. The largest absolute Gasteiger partial charge is 0.453 e. The molecule has 1 aromatic heterocycles. The Balaban J connectivity index is 2.02. The fourth-order valence-electron chi connectivity index (χ4n) is 2.03. The highest BCUT2D eigenvalue weighted by Gasteiger charge is 2.33. The number of thioether (sulfide) groups is 1. The van der Waals surface area contributed by atoms with Crippen LogP contribution in [0.25, 0.3) is 0 Å². The van der Waals surface area contributed by atoms with E-state index in [4.69, 9.17) is 0 Å². The quantitative estimate of drug-likeness (QED) is 0.636. The Morgan fingerprint density at radius 2 is 2.12 bits per heavy atom. The summed E-state index contributed by atoms with van der Waals surface area (Å²) in [6.45, 7) is 0.384. The number of H-pyrrole nitrogens is 1. The molecule has 24 heavy (non-hydrogen) atoms. The van der Waals surface area contributed by atoms with Crippen LogP contribution in [0, 0.1) is 0 Å². The Morgan fingerprint density at radius 1 is 1.38 bits per heavy atom. The second-order valence-electron chi connectivity index (χ2n) is 4.72. The predicted octanol–water partition coefficient (Wildman–Crippen LogP) is 0.512. The molecule has 0 bridgehead atoms. The van der Waals surface area contributed by atoms with Crippen molar-refractivity contribution in [1.82, 2.24) is 20.8 Å². The van der Waals surface area contributed by atoms with Gasteiger partial charge in [-0.05, 0) is 12.2 Å². The van der Waals surface area contributed by atoms with Crippen LogP contribution < -0.4 is 10.6 Å². The molecule has 1 aromatic rings. The smallest absolute Gasteiger partial charge is 0.406 e. The van der Waals surface area contributed by atoms with Crippen molar-refractivity contribution in [2.45, 2.75) is 6.42 Å². The summed E-state index contributed by atoms with van der Waals surface area (Å²) in [6, 6.07) is 0. The van der Waals surface area contributed by atoms with E-state index in [1.165, 1.54) is 32.0 Å². The van der Waals surface area contributed by atoms with E-state index in [2.05, 4.69) is 25.6 Å². The first-order chi connectivity index (χ1) is 11.5. The third-order valence-electron chi connectivity index (χ3n) is 3.20. The van der Waals surface area contributed by atoms with Crippen LogP contribution in [0.5, 0.6) is 0 Å². The van der Waals surface area contributed by atoms with Crippen LogP contribution in [0.3, 0.4) is 0 Å². The van der Waals surface area contributed by atoms with E-state index in [0.29, 0.717) is 18.7 Å². The molecule has 2 amide bonds. The standard InChI is InChI=1S/C14H16N4O5S/c1-15-13(21)11-9-10(17-18-11)7(19)6-8(12(9)20)24-5-3-4-16-14(22)23-2/h6H,3-5H2,1-2H3,(H,15,21)(H,16,22)(H,17,18). The van der Waals surface area contributed by atoms with Gasteiger partial charge in [0.05, 0.1) is 17.6 Å². The lowest BCUT2D eigenvalue weighted by Gasteiger charge is -2.12. The summed E-state index contributed by atoms with van der Waals surface area (Å²) >= 11 is 1.19. The highest BCUT2D eigenvalue weighted by Crippen LogP contribution is 2.29.